The maximum atomic E-state index is 15.3. The lowest BCUT2D eigenvalue weighted by Gasteiger charge is -2.44. The van der Waals surface area contributed by atoms with Crippen LogP contribution in [0.4, 0.5) is 23.5 Å². The molecule has 5 heterocycles. The van der Waals surface area contributed by atoms with Crippen LogP contribution in [0, 0.1) is 5.82 Å². The molecule has 10 nitrogen and oxygen atoms in total. The van der Waals surface area contributed by atoms with Gasteiger partial charge >= 0.3 is 0 Å². The van der Waals surface area contributed by atoms with E-state index < -0.39 is 37.0 Å². The fourth-order valence-corrected chi connectivity index (χ4v) is 4.78. The standard InChI is InChI=1S/C23H24F4N8O2/c1-36-21-20-19(13-2-3-16-17(8-13)34(7-5-24)32-30-16)15(25)9-35(20)31-22(29-21)28-18-4-6-33(12-23(18,26)27)14-10-37-11-14/h2-3,8-9,14,18H,4-7,10-12H2,1H3,(H,28,31)/i14D. The molecular formula is C23H24F4N8O2. The first-order chi connectivity index (χ1) is 18.2. The molecule has 0 bridgehead atoms. The molecule has 14 heteroatoms. The summed E-state index contributed by atoms with van der Waals surface area (Å²) in [6.07, 6.45) is 1.16. The summed E-state index contributed by atoms with van der Waals surface area (Å²) >= 11 is 0. The summed E-state index contributed by atoms with van der Waals surface area (Å²) in [6.45, 7) is -0.767. The molecule has 1 atom stereocenters. The number of rotatable bonds is 7. The first-order valence-corrected chi connectivity index (χ1v) is 11.7. The Morgan fingerprint density at radius 1 is 1.32 bits per heavy atom. The highest BCUT2D eigenvalue weighted by Crippen LogP contribution is 2.36. The van der Waals surface area contributed by atoms with E-state index in [1.807, 2.05) is 0 Å². The van der Waals surface area contributed by atoms with Crippen LogP contribution in [-0.2, 0) is 11.3 Å². The number of nitrogens with zero attached hydrogens (tertiary/aromatic N) is 7. The number of halogens is 4. The van der Waals surface area contributed by atoms with Crippen LogP contribution in [0.25, 0.3) is 27.7 Å². The lowest BCUT2D eigenvalue weighted by atomic mass is 9.98. The minimum Gasteiger partial charge on any atom is -0.479 e. The molecule has 196 valence electrons. The number of alkyl halides is 3. The van der Waals surface area contributed by atoms with Gasteiger partial charge in [-0.3, -0.25) is 4.90 Å². The average Bonchev–Trinajstić information content (AvgIpc) is 3.42. The minimum atomic E-state index is -3.17. The van der Waals surface area contributed by atoms with Gasteiger partial charge in [-0.1, -0.05) is 11.3 Å². The molecule has 2 aliphatic rings. The van der Waals surface area contributed by atoms with Crippen LogP contribution in [0.3, 0.4) is 0 Å². The van der Waals surface area contributed by atoms with Crippen LogP contribution in [0.1, 0.15) is 7.79 Å². The van der Waals surface area contributed by atoms with Gasteiger partial charge in [-0.05, 0) is 24.1 Å². The van der Waals surface area contributed by atoms with E-state index in [1.54, 1.807) is 18.2 Å². The first-order valence-electron chi connectivity index (χ1n) is 12.2. The summed E-state index contributed by atoms with van der Waals surface area (Å²) < 4.78 is 79.6. The van der Waals surface area contributed by atoms with Gasteiger partial charge in [-0.2, -0.15) is 4.98 Å². The second kappa shape index (κ2) is 9.10. The zero-order chi connectivity index (χ0) is 26.7. The Labute approximate surface area is 209 Å². The number of piperidine rings is 1. The Balaban J connectivity index is 1.33. The van der Waals surface area contributed by atoms with Crippen molar-refractivity contribution in [3.05, 3.63) is 30.2 Å². The molecule has 4 aromatic rings. The highest BCUT2D eigenvalue weighted by atomic mass is 19.3. The van der Waals surface area contributed by atoms with Gasteiger partial charge in [-0.25, -0.2) is 26.8 Å². The van der Waals surface area contributed by atoms with Gasteiger partial charge in [0, 0.05) is 6.54 Å². The number of aryl methyl sites for hydroxylation is 1. The minimum absolute atomic E-state index is 0.000518. The molecule has 1 aromatic carbocycles. The average molecular weight is 521 g/mol. The summed E-state index contributed by atoms with van der Waals surface area (Å²) in [7, 11) is 1.34. The highest BCUT2D eigenvalue weighted by Gasteiger charge is 2.47. The van der Waals surface area contributed by atoms with E-state index in [1.165, 1.54) is 21.2 Å². The Kier molecular flexibility index (Phi) is 5.57. The fraction of sp³-hybridized carbons (Fsp3) is 0.478. The monoisotopic (exact) mass is 521 g/mol. The molecule has 1 unspecified atom stereocenters. The van der Waals surface area contributed by atoms with Crippen molar-refractivity contribution in [1.82, 2.24) is 34.5 Å². The lowest BCUT2D eigenvalue weighted by molar-refractivity contribution is -0.131. The molecule has 1 N–H and O–H groups in total. The summed E-state index contributed by atoms with van der Waals surface area (Å²) in [5.41, 5.74) is 1.81. The van der Waals surface area contributed by atoms with Gasteiger partial charge in [0.15, 0.2) is 5.82 Å². The lowest BCUT2D eigenvalue weighted by Crippen LogP contribution is -2.61. The SMILES string of the molecule is [2H]C1(N2CCC(Nc3nc(OC)c4c(-c5ccc6nnn(CCF)c6c5)c(F)cn4n3)C(F)(F)C2)COC1. The maximum absolute atomic E-state index is 15.3. The van der Waals surface area contributed by atoms with Crippen molar-refractivity contribution >= 4 is 22.5 Å². The van der Waals surface area contributed by atoms with Gasteiger partial charge in [0.1, 0.15) is 17.7 Å². The number of hydrogen-bond donors (Lipinski definition) is 1. The Hall–Kier alpha value is -3.52. The van der Waals surface area contributed by atoms with Crippen LogP contribution in [0.15, 0.2) is 24.4 Å². The van der Waals surface area contributed by atoms with Crippen LogP contribution >= 0.6 is 0 Å². The zero-order valence-electron chi connectivity index (χ0n) is 20.8. The van der Waals surface area contributed by atoms with E-state index in [0.717, 1.165) is 6.20 Å². The van der Waals surface area contributed by atoms with E-state index in [4.69, 9.17) is 10.8 Å². The molecule has 0 amide bonds. The highest BCUT2D eigenvalue weighted by molar-refractivity contribution is 5.89. The van der Waals surface area contributed by atoms with Crippen molar-refractivity contribution < 1.29 is 28.4 Å². The number of methoxy groups -OCH3 is 1. The molecule has 0 saturated carbocycles. The molecule has 37 heavy (non-hydrogen) atoms. The van der Waals surface area contributed by atoms with Gasteiger partial charge in [0.05, 0.1) is 64.1 Å². The normalized spacial score (nSPS) is 21.6. The largest absolute Gasteiger partial charge is 0.479 e. The summed E-state index contributed by atoms with van der Waals surface area (Å²) in [4.78, 5) is 5.69. The van der Waals surface area contributed by atoms with Gasteiger partial charge in [0.25, 0.3) is 5.92 Å². The molecular weight excluding hydrogens is 496 g/mol. The predicted octanol–water partition coefficient (Wildman–Crippen LogP) is 2.78. The van der Waals surface area contributed by atoms with Crippen molar-refractivity contribution in [2.75, 3.05) is 45.4 Å². The second-order valence-corrected chi connectivity index (χ2v) is 9.02. The summed E-state index contributed by atoms with van der Waals surface area (Å²) in [5.74, 6) is -3.98. The van der Waals surface area contributed by atoms with Crippen molar-refractivity contribution in [1.29, 1.82) is 0 Å². The van der Waals surface area contributed by atoms with Crippen molar-refractivity contribution in [2.45, 2.75) is 30.9 Å². The third-order valence-electron chi connectivity index (χ3n) is 6.73. The van der Waals surface area contributed by atoms with Crippen LogP contribution < -0.4 is 10.1 Å². The van der Waals surface area contributed by atoms with E-state index in [9.17, 15) is 4.39 Å². The number of hydrogen-bond acceptors (Lipinski definition) is 8. The van der Waals surface area contributed by atoms with Crippen molar-refractivity contribution in [2.24, 2.45) is 0 Å². The van der Waals surface area contributed by atoms with Crippen LogP contribution in [-0.4, -0.2) is 92.6 Å². The molecule has 0 radical (unpaired) electrons. The van der Waals surface area contributed by atoms with E-state index in [2.05, 4.69) is 25.7 Å². The smallest absolute Gasteiger partial charge is 0.280 e. The van der Waals surface area contributed by atoms with Crippen molar-refractivity contribution in [3.8, 4) is 17.0 Å². The Bertz CT molecular complexity index is 1510. The van der Waals surface area contributed by atoms with Crippen molar-refractivity contribution in [3.63, 3.8) is 0 Å². The van der Waals surface area contributed by atoms with Crippen LogP contribution in [0.2, 0.25) is 0 Å². The number of nitrogens with one attached hydrogen (secondary N) is 1. The zero-order valence-corrected chi connectivity index (χ0v) is 19.8. The second-order valence-electron chi connectivity index (χ2n) is 9.02. The molecule has 2 aliphatic heterocycles. The third-order valence-corrected chi connectivity index (χ3v) is 6.73. The number of fused-ring (bicyclic) bond motifs is 2. The van der Waals surface area contributed by atoms with Gasteiger partial charge < -0.3 is 14.8 Å². The molecule has 0 aliphatic carbocycles. The number of benzene rings is 1. The molecule has 2 fully saturated rings. The number of aromatic nitrogens is 6. The molecule has 2 saturated heterocycles. The van der Waals surface area contributed by atoms with Gasteiger partial charge in [0.2, 0.25) is 11.8 Å². The molecule has 0 spiro atoms. The Morgan fingerprint density at radius 3 is 2.86 bits per heavy atom. The van der Waals surface area contributed by atoms with Gasteiger partial charge in [-0.15, -0.1) is 10.2 Å². The topological polar surface area (TPSA) is 94.6 Å². The number of ether oxygens (including phenoxy) is 2. The third kappa shape index (κ3) is 4.13. The fourth-order valence-electron chi connectivity index (χ4n) is 4.78. The van der Waals surface area contributed by atoms with Crippen LogP contribution in [0.5, 0.6) is 5.88 Å². The van der Waals surface area contributed by atoms with E-state index >= 15 is 13.2 Å². The quantitative estimate of drug-likeness (QED) is 0.371. The first kappa shape index (κ1) is 22.7. The molecule has 6 rings (SSSR count). The summed E-state index contributed by atoms with van der Waals surface area (Å²) in [6, 6.07) is 2.49. The van der Waals surface area contributed by atoms with E-state index in [-0.39, 0.29) is 55.6 Å². The Morgan fingerprint density at radius 2 is 2.16 bits per heavy atom. The number of anilines is 1. The van der Waals surface area contributed by atoms with E-state index in [0.29, 0.717) is 16.6 Å². The maximum Gasteiger partial charge on any atom is 0.280 e. The number of likely N-dealkylation sites (tertiary alicyclic amines) is 1. The summed E-state index contributed by atoms with van der Waals surface area (Å²) in [5, 5.41) is 14.8. The predicted molar refractivity (Wildman–Crippen MR) is 125 cm³/mol. The molecule has 3 aromatic heterocycles.